The molecular formula is C34H34N4O2. The second-order valence-corrected chi connectivity index (χ2v) is 11.1. The minimum atomic E-state index is 0.362. The molecule has 3 atom stereocenters. The number of hydrogen-bond donors (Lipinski definition) is 1. The number of hydrogen-bond acceptors (Lipinski definition) is 6. The summed E-state index contributed by atoms with van der Waals surface area (Å²) in [6, 6.07) is 31.2. The zero-order valence-corrected chi connectivity index (χ0v) is 23.0. The van der Waals surface area contributed by atoms with Crippen LogP contribution in [0.3, 0.4) is 0 Å². The van der Waals surface area contributed by atoms with Crippen LogP contribution < -0.4 is 14.8 Å². The van der Waals surface area contributed by atoms with Gasteiger partial charge in [0.15, 0.2) is 5.82 Å². The highest BCUT2D eigenvalue weighted by Gasteiger charge is 2.40. The molecular weight excluding hydrogens is 496 g/mol. The summed E-state index contributed by atoms with van der Waals surface area (Å²) in [7, 11) is 3.38. The molecule has 2 aliphatic heterocycles. The number of aromatic nitrogens is 2. The third-order valence-electron chi connectivity index (χ3n) is 8.75. The lowest BCUT2D eigenvalue weighted by Crippen LogP contribution is -2.46. The predicted octanol–water partition coefficient (Wildman–Crippen LogP) is 7.07. The maximum Gasteiger partial charge on any atom is 0.156 e. The van der Waals surface area contributed by atoms with E-state index in [1.165, 1.54) is 29.2 Å². The molecule has 0 amide bonds. The van der Waals surface area contributed by atoms with Crippen LogP contribution in [0.2, 0.25) is 0 Å². The van der Waals surface area contributed by atoms with Gasteiger partial charge in [-0.3, -0.25) is 4.90 Å². The molecule has 202 valence electrons. The van der Waals surface area contributed by atoms with Crippen molar-refractivity contribution in [2.45, 2.75) is 50.4 Å². The van der Waals surface area contributed by atoms with Crippen LogP contribution in [0.4, 0.5) is 5.82 Å². The molecule has 0 spiro atoms. The minimum absolute atomic E-state index is 0.362. The first-order valence-electron chi connectivity index (χ1n) is 14.2. The Balaban J connectivity index is 1.13. The molecule has 3 heterocycles. The van der Waals surface area contributed by atoms with Crippen molar-refractivity contribution in [1.82, 2.24) is 15.1 Å². The monoisotopic (exact) mass is 530 g/mol. The number of ether oxygens (including phenoxy) is 2. The van der Waals surface area contributed by atoms with Crippen molar-refractivity contribution in [2.75, 3.05) is 19.5 Å². The number of nitrogens with zero attached hydrogens (tertiary/aromatic N) is 3. The van der Waals surface area contributed by atoms with Crippen molar-refractivity contribution in [3.05, 3.63) is 90.5 Å². The molecule has 40 heavy (non-hydrogen) atoms. The summed E-state index contributed by atoms with van der Waals surface area (Å²) in [5, 5.41) is 17.9. The maximum atomic E-state index is 5.59. The lowest BCUT2D eigenvalue weighted by molar-refractivity contribution is 0.124. The van der Waals surface area contributed by atoms with Crippen LogP contribution in [0.1, 0.15) is 31.2 Å². The van der Waals surface area contributed by atoms with Crippen molar-refractivity contribution < 1.29 is 9.47 Å². The number of methoxy groups -OCH3 is 2. The van der Waals surface area contributed by atoms with Gasteiger partial charge in [-0.05, 0) is 90.6 Å². The van der Waals surface area contributed by atoms with E-state index >= 15 is 0 Å². The summed E-state index contributed by atoms with van der Waals surface area (Å²) in [6.45, 7) is 1.02. The third kappa shape index (κ3) is 4.62. The molecule has 4 aromatic carbocycles. The lowest BCUT2D eigenvalue weighted by atomic mass is 9.95. The predicted molar refractivity (Wildman–Crippen MR) is 161 cm³/mol. The average molecular weight is 531 g/mol. The van der Waals surface area contributed by atoms with Crippen LogP contribution in [0.25, 0.3) is 32.8 Å². The number of rotatable bonds is 7. The fourth-order valence-electron chi connectivity index (χ4n) is 6.72. The zero-order valence-electron chi connectivity index (χ0n) is 23.0. The highest BCUT2D eigenvalue weighted by molar-refractivity contribution is 6.00. The molecule has 2 fully saturated rings. The van der Waals surface area contributed by atoms with Gasteiger partial charge in [0.1, 0.15) is 17.2 Å². The molecule has 0 saturated carbocycles. The fraction of sp³-hybridized carbons (Fsp3) is 0.294. The van der Waals surface area contributed by atoms with Crippen molar-refractivity contribution >= 4 is 27.4 Å². The number of benzene rings is 4. The molecule has 2 aliphatic rings. The van der Waals surface area contributed by atoms with Crippen molar-refractivity contribution in [3.63, 3.8) is 0 Å². The molecule has 7 rings (SSSR count). The Morgan fingerprint density at radius 1 is 0.750 bits per heavy atom. The van der Waals surface area contributed by atoms with Crippen LogP contribution in [-0.4, -0.2) is 47.4 Å². The SMILES string of the molecule is COc1ccc(-c2nnc(NC3C[C@H]4CC[C@@H](C3)N4Cc3ccc4ccccc4c3)c3cc(OC)ccc23)cc1. The van der Waals surface area contributed by atoms with Gasteiger partial charge in [0.05, 0.1) is 14.2 Å². The van der Waals surface area contributed by atoms with Gasteiger partial charge >= 0.3 is 0 Å². The van der Waals surface area contributed by atoms with Crippen LogP contribution >= 0.6 is 0 Å². The highest BCUT2D eigenvalue weighted by Crippen LogP contribution is 2.39. The van der Waals surface area contributed by atoms with Crippen molar-refractivity contribution in [1.29, 1.82) is 0 Å². The summed E-state index contributed by atoms with van der Waals surface area (Å²) in [5.41, 5.74) is 3.27. The molecule has 1 unspecified atom stereocenters. The van der Waals surface area contributed by atoms with Crippen LogP contribution in [0.5, 0.6) is 11.5 Å². The van der Waals surface area contributed by atoms with E-state index in [-0.39, 0.29) is 0 Å². The number of nitrogens with one attached hydrogen (secondary N) is 1. The Morgan fingerprint density at radius 2 is 1.48 bits per heavy atom. The van der Waals surface area contributed by atoms with Gasteiger partial charge in [-0.2, -0.15) is 0 Å². The quantitative estimate of drug-likeness (QED) is 0.243. The second-order valence-electron chi connectivity index (χ2n) is 11.1. The summed E-state index contributed by atoms with van der Waals surface area (Å²) < 4.78 is 10.9. The van der Waals surface area contributed by atoms with Gasteiger partial charge in [-0.1, -0.05) is 36.4 Å². The summed E-state index contributed by atoms with van der Waals surface area (Å²) >= 11 is 0. The first-order chi connectivity index (χ1) is 19.7. The smallest absolute Gasteiger partial charge is 0.156 e. The lowest BCUT2D eigenvalue weighted by Gasteiger charge is -2.39. The Kier molecular flexibility index (Phi) is 6.48. The van der Waals surface area contributed by atoms with E-state index in [0.29, 0.717) is 18.1 Å². The Hall–Kier alpha value is -4.16. The molecule has 6 heteroatoms. The van der Waals surface area contributed by atoms with E-state index in [4.69, 9.17) is 19.7 Å². The van der Waals surface area contributed by atoms with E-state index in [0.717, 1.165) is 58.7 Å². The van der Waals surface area contributed by atoms with Gasteiger partial charge in [0.25, 0.3) is 0 Å². The molecule has 2 saturated heterocycles. The topological polar surface area (TPSA) is 59.5 Å². The van der Waals surface area contributed by atoms with Crippen molar-refractivity contribution in [3.8, 4) is 22.8 Å². The van der Waals surface area contributed by atoms with Crippen molar-refractivity contribution in [2.24, 2.45) is 0 Å². The Bertz CT molecular complexity index is 1650. The number of piperidine rings is 1. The largest absolute Gasteiger partial charge is 0.497 e. The minimum Gasteiger partial charge on any atom is -0.497 e. The maximum absolute atomic E-state index is 5.59. The van der Waals surface area contributed by atoms with Gasteiger partial charge in [-0.25, -0.2) is 0 Å². The first kappa shape index (κ1) is 24.9. The molecule has 0 radical (unpaired) electrons. The average Bonchev–Trinajstić information content (AvgIpc) is 3.23. The second kappa shape index (κ2) is 10.4. The highest BCUT2D eigenvalue weighted by atomic mass is 16.5. The summed E-state index contributed by atoms with van der Waals surface area (Å²) in [4.78, 5) is 2.74. The van der Waals surface area contributed by atoms with E-state index in [9.17, 15) is 0 Å². The van der Waals surface area contributed by atoms with Gasteiger partial charge in [-0.15, -0.1) is 10.2 Å². The fourth-order valence-corrected chi connectivity index (χ4v) is 6.72. The van der Waals surface area contributed by atoms with Gasteiger partial charge in [0.2, 0.25) is 0 Å². The third-order valence-corrected chi connectivity index (χ3v) is 8.75. The van der Waals surface area contributed by atoms with Crippen LogP contribution in [-0.2, 0) is 6.54 Å². The molecule has 6 nitrogen and oxygen atoms in total. The molecule has 2 bridgehead atoms. The molecule has 1 N–H and O–H groups in total. The van der Waals surface area contributed by atoms with Gasteiger partial charge in [0, 0.05) is 41.0 Å². The summed E-state index contributed by atoms with van der Waals surface area (Å²) in [5.74, 6) is 2.47. The van der Waals surface area contributed by atoms with Crippen LogP contribution in [0, 0.1) is 0 Å². The zero-order chi connectivity index (χ0) is 27.1. The standard InChI is InChI=1S/C34H34N4O2/c1-39-29-13-9-24(10-14-29)33-31-16-15-30(40-2)20-32(31)34(37-36-33)35-26-18-27-11-12-28(19-26)38(27)21-22-7-8-23-5-3-4-6-25(23)17-22/h3-10,13-17,20,26-28H,11-12,18-19,21H2,1-2H3,(H,35,37)/t26?,27-,28+. The van der Waals surface area contributed by atoms with E-state index in [2.05, 4.69) is 64.8 Å². The number of fused-ring (bicyclic) bond motifs is 4. The number of anilines is 1. The summed E-state index contributed by atoms with van der Waals surface area (Å²) in [6.07, 6.45) is 4.73. The first-order valence-corrected chi connectivity index (χ1v) is 14.2. The Morgan fingerprint density at radius 3 is 2.23 bits per heavy atom. The van der Waals surface area contributed by atoms with Gasteiger partial charge < -0.3 is 14.8 Å². The molecule has 5 aromatic rings. The van der Waals surface area contributed by atoms with E-state index in [1.54, 1.807) is 14.2 Å². The Labute approximate surface area is 234 Å². The molecule has 0 aliphatic carbocycles. The molecule has 1 aromatic heterocycles. The van der Waals surface area contributed by atoms with E-state index < -0.39 is 0 Å². The van der Waals surface area contributed by atoms with Crippen LogP contribution in [0.15, 0.2) is 84.9 Å². The normalized spacial score (nSPS) is 20.6. The van der Waals surface area contributed by atoms with E-state index in [1.807, 2.05) is 30.3 Å².